The molecule has 0 spiro atoms. The van der Waals surface area contributed by atoms with Gasteiger partial charge in [-0.25, -0.2) is 0 Å². The van der Waals surface area contributed by atoms with Gasteiger partial charge in [-0.1, -0.05) is 91.7 Å². The molecule has 0 aromatic heterocycles. The van der Waals surface area contributed by atoms with Crippen LogP contribution in [0.2, 0.25) is 5.02 Å². The molecule has 1 atom stereocenters. The molecule has 0 heterocycles. The molecule has 0 aliphatic heterocycles. The Labute approximate surface area is 189 Å². The predicted octanol–water partition coefficient (Wildman–Crippen LogP) is 8.79. The van der Waals surface area contributed by atoms with Crippen LogP contribution >= 0.6 is 23.4 Å². The van der Waals surface area contributed by atoms with Gasteiger partial charge in [0.15, 0.2) is 0 Å². The molecule has 4 rings (SSSR count). The van der Waals surface area contributed by atoms with E-state index in [1.165, 1.54) is 38.3 Å². The molecule has 0 saturated carbocycles. The highest BCUT2D eigenvalue weighted by molar-refractivity contribution is 8.01. The molecule has 0 saturated heterocycles. The van der Waals surface area contributed by atoms with E-state index in [9.17, 15) is 0 Å². The summed E-state index contributed by atoms with van der Waals surface area (Å²) < 4.78 is -0.241. The SMILES string of the molecule is CC(C)=C1C(C(C)C)=C(c2ccccc2)C1(Sc1ccc(Cl)cc1)c1ccccc1. The summed E-state index contributed by atoms with van der Waals surface area (Å²) in [6, 6.07) is 30.1. The lowest BCUT2D eigenvalue weighted by Gasteiger charge is -2.51. The van der Waals surface area contributed by atoms with E-state index >= 15 is 0 Å². The molecule has 0 nitrogen and oxygen atoms in total. The molecule has 0 fully saturated rings. The fourth-order valence-electron chi connectivity index (χ4n) is 4.53. The van der Waals surface area contributed by atoms with Gasteiger partial charge in [0, 0.05) is 9.92 Å². The lowest BCUT2D eigenvalue weighted by atomic mass is 9.61. The quantitative estimate of drug-likeness (QED) is 0.389. The second-order valence-electron chi connectivity index (χ2n) is 8.29. The molecule has 3 aromatic carbocycles. The van der Waals surface area contributed by atoms with Gasteiger partial charge in [0.1, 0.15) is 0 Å². The third-order valence-corrected chi connectivity index (χ3v) is 7.36. The summed E-state index contributed by atoms with van der Waals surface area (Å²) in [7, 11) is 0. The molecule has 0 bridgehead atoms. The van der Waals surface area contributed by atoms with Crippen LogP contribution in [0.3, 0.4) is 0 Å². The maximum Gasteiger partial charge on any atom is 0.0964 e. The van der Waals surface area contributed by atoms with Gasteiger partial charge in [-0.15, -0.1) is 11.8 Å². The first-order chi connectivity index (χ1) is 14.4. The summed E-state index contributed by atoms with van der Waals surface area (Å²) in [6.45, 7) is 9.12. The summed E-state index contributed by atoms with van der Waals surface area (Å²) >= 11 is 8.11. The fraction of sp³-hybridized carbons (Fsp3) is 0.214. The van der Waals surface area contributed by atoms with Crippen molar-refractivity contribution in [3.8, 4) is 0 Å². The second kappa shape index (κ2) is 8.49. The van der Waals surface area contributed by atoms with Crippen molar-refractivity contribution < 1.29 is 0 Å². The van der Waals surface area contributed by atoms with Crippen molar-refractivity contribution in [3.05, 3.63) is 118 Å². The first-order valence-electron chi connectivity index (χ1n) is 10.4. The highest BCUT2D eigenvalue weighted by Crippen LogP contribution is 2.67. The number of benzene rings is 3. The number of allylic oxidation sites excluding steroid dienone is 2. The second-order valence-corrected chi connectivity index (χ2v) is 10.0. The fourth-order valence-corrected chi connectivity index (χ4v) is 6.28. The van der Waals surface area contributed by atoms with Crippen LogP contribution in [-0.2, 0) is 4.75 Å². The zero-order chi connectivity index (χ0) is 21.3. The van der Waals surface area contributed by atoms with E-state index in [1.54, 1.807) is 0 Å². The third-order valence-electron chi connectivity index (χ3n) is 5.65. The maximum atomic E-state index is 6.19. The summed E-state index contributed by atoms with van der Waals surface area (Å²) in [6.07, 6.45) is 0. The van der Waals surface area contributed by atoms with Crippen molar-refractivity contribution in [1.29, 1.82) is 0 Å². The first kappa shape index (κ1) is 21.0. The first-order valence-corrected chi connectivity index (χ1v) is 11.6. The number of hydrogen-bond acceptors (Lipinski definition) is 1. The molecule has 30 heavy (non-hydrogen) atoms. The van der Waals surface area contributed by atoms with Crippen molar-refractivity contribution in [2.45, 2.75) is 37.3 Å². The molecular formula is C28H27ClS. The van der Waals surface area contributed by atoms with E-state index in [2.05, 4.69) is 100 Å². The van der Waals surface area contributed by atoms with Crippen LogP contribution in [0.5, 0.6) is 0 Å². The van der Waals surface area contributed by atoms with Crippen LogP contribution in [-0.4, -0.2) is 0 Å². The Bertz CT molecular complexity index is 1090. The number of halogens is 1. The Hall–Kier alpha value is -2.22. The largest absolute Gasteiger partial charge is 0.105 e. The van der Waals surface area contributed by atoms with E-state index < -0.39 is 0 Å². The van der Waals surface area contributed by atoms with Crippen molar-refractivity contribution in [2.75, 3.05) is 0 Å². The van der Waals surface area contributed by atoms with E-state index in [1.807, 2.05) is 23.9 Å². The van der Waals surface area contributed by atoms with Crippen molar-refractivity contribution in [2.24, 2.45) is 5.92 Å². The Morgan fingerprint density at radius 3 is 1.90 bits per heavy atom. The molecule has 1 unspecified atom stereocenters. The molecule has 2 heteroatoms. The highest BCUT2D eigenvalue weighted by atomic mass is 35.5. The summed E-state index contributed by atoms with van der Waals surface area (Å²) in [5.74, 6) is 0.452. The minimum absolute atomic E-state index is 0.241. The molecular weight excluding hydrogens is 404 g/mol. The summed E-state index contributed by atoms with van der Waals surface area (Å²) in [5, 5.41) is 0.769. The number of thioether (sulfide) groups is 1. The normalized spacial score (nSPS) is 18.5. The molecule has 0 amide bonds. The van der Waals surface area contributed by atoms with Crippen LogP contribution < -0.4 is 0 Å². The summed E-state index contributed by atoms with van der Waals surface area (Å²) in [4.78, 5) is 1.22. The van der Waals surface area contributed by atoms with Gasteiger partial charge in [0.05, 0.1) is 4.75 Å². The third kappa shape index (κ3) is 3.55. The highest BCUT2D eigenvalue weighted by Gasteiger charge is 2.53. The van der Waals surface area contributed by atoms with Crippen LogP contribution in [0.1, 0.15) is 38.8 Å². The topological polar surface area (TPSA) is 0 Å². The Balaban J connectivity index is 2.04. The molecule has 0 radical (unpaired) electrons. The molecule has 1 aliphatic carbocycles. The predicted molar refractivity (Wildman–Crippen MR) is 132 cm³/mol. The molecule has 1 aliphatic rings. The van der Waals surface area contributed by atoms with E-state index in [-0.39, 0.29) is 4.75 Å². The molecule has 152 valence electrons. The minimum Gasteiger partial charge on any atom is -0.105 e. The van der Waals surface area contributed by atoms with Gasteiger partial charge in [-0.2, -0.15) is 0 Å². The Kier molecular flexibility index (Phi) is 5.95. The van der Waals surface area contributed by atoms with Crippen LogP contribution in [0.15, 0.2) is 107 Å². The van der Waals surface area contributed by atoms with E-state index in [0.717, 1.165) is 5.02 Å². The minimum atomic E-state index is -0.241. The zero-order valence-electron chi connectivity index (χ0n) is 17.9. The van der Waals surface area contributed by atoms with E-state index in [0.29, 0.717) is 5.92 Å². The monoisotopic (exact) mass is 430 g/mol. The van der Waals surface area contributed by atoms with Gasteiger partial charge in [-0.05, 0) is 71.9 Å². The number of hydrogen-bond donors (Lipinski definition) is 0. The van der Waals surface area contributed by atoms with Gasteiger partial charge < -0.3 is 0 Å². The van der Waals surface area contributed by atoms with Gasteiger partial charge in [0.25, 0.3) is 0 Å². The van der Waals surface area contributed by atoms with Crippen molar-refractivity contribution in [1.82, 2.24) is 0 Å². The van der Waals surface area contributed by atoms with Crippen molar-refractivity contribution in [3.63, 3.8) is 0 Å². The average Bonchev–Trinajstić information content (AvgIpc) is 2.73. The maximum absolute atomic E-state index is 6.19. The van der Waals surface area contributed by atoms with Gasteiger partial charge in [0.2, 0.25) is 0 Å². The van der Waals surface area contributed by atoms with Crippen LogP contribution in [0.4, 0.5) is 0 Å². The Morgan fingerprint density at radius 2 is 1.37 bits per heavy atom. The standard InChI is InChI=1S/C28H27ClS/c1-19(2)25-26(20(3)4)28(22-13-9-6-10-14-22,27(25)21-11-7-5-8-12-21)30-24-17-15-23(29)16-18-24/h5-19H,1-4H3. The average molecular weight is 431 g/mol. The lowest BCUT2D eigenvalue weighted by Crippen LogP contribution is -2.39. The van der Waals surface area contributed by atoms with Gasteiger partial charge >= 0.3 is 0 Å². The smallest absolute Gasteiger partial charge is 0.0964 e. The van der Waals surface area contributed by atoms with Crippen LogP contribution in [0.25, 0.3) is 5.57 Å². The van der Waals surface area contributed by atoms with E-state index in [4.69, 9.17) is 11.6 Å². The lowest BCUT2D eigenvalue weighted by molar-refractivity contribution is 0.696. The zero-order valence-corrected chi connectivity index (χ0v) is 19.5. The van der Waals surface area contributed by atoms with Gasteiger partial charge in [-0.3, -0.25) is 0 Å². The number of rotatable bonds is 5. The van der Waals surface area contributed by atoms with Crippen molar-refractivity contribution >= 4 is 28.9 Å². The summed E-state index contributed by atoms with van der Waals surface area (Å²) in [5.41, 5.74) is 8.37. The molecule has 0 N–H and O–H groups in total. The molecule has 3 aromatic rings. The van der Waals surface area contributed by atoms with Crippen LogP contribution in [0, 0.1) is 5.92 Å². The Morgan fingerprint density at radius 1 is 0.800 bits per heavy atom.